The first-order valence-corrected chi connectivity index (χ1v) is 12.8. The fourth-order valence-corrected chi connectivity index (χ4v) is 3.61. The highest BCUT2D eigenvalue weighted by Crippen LogP contribution is 2.38. The fourth-order valence-electron chi connectivity index (χ4n) is 1.77. The largest absolute Gasteiger partial charge is 0.598 e. The molecule has 0 saturated heterocycles. The van der Waals surface area contributed by atoms with Gasteiger partial charge >= 0.3 is 5.92 Å². The molecule has 1 aromatic rings. The van der Waals surface area contributed by atoms with Crippen LogP contribution in [0, 0.1) is 0 Å². The van der Waals surface area contributed by atoms with Crippen molar-refractivity contribution in [1.82, 2.24) is 9.71 Å². The summed E-state index contributed by atoms with van der Waals surface area (Å²) < 4.78 is 50.6. The summed E-state index contributed by atoms with van der Waals surface area (Å²) in [4.78, 5) is 3.80. The number of nitrogens with one attached hydrogen (secondary N) is 1. The number of halogens is 2. The molecule has 1 unspecified atom stereocenters. The number of hydrogen-bond donors (Lipinski definition) is 1. The Morgan fingerprint density at radius 2 is 1.77 bits per heavy atom. The van der Waals surface area contributed by atoms with Crippen molar-refractivity contribution in [3.63, 3.8) is 0 Å². The van der Waals surface area contributed by atoms with Gasteiger partial charge < -0.3 is 8.98 Å². The van der Waals surface area contributed by atoms with Crippen LogP contribution in [0.5, 0.6) is 0 Å². The van der Waals surface area contributed by atoms with Gasteiger partial charge in [-0.15, -0.1) is 4.72 Å². The predicted octanol–water partition coefficient (Wildman–Crippen LogP) is 4.62. The minimum atomic E-state index is -3.31. The van der Waals surface area contributed by atoms with Crippen molar-refractivity contribution in [2.75, 3.05) is 6.61 Å². The molecule has 8 heteroatoms. The van der Waals surface area contributed by atoms with Crippen LogP contribution in [0.25, 0.3) is 0 Å². The molecule has 0 fully saturated rings. The number of pyridine rings is 1. The van der Waals surface area contributed by atoms with Gasteiger partial charge in [0.2, 0.25) is 0 Å². The Balaban J connectivity index is 3.10. The van der Waals surface area contributed by atoms with Gasteiger partial charge in [0.25, 0.3) is 0 Å². The number of alkyl halides is 2. The topological polar surface area (TPSA) is 57.2 Å². The second-order valence-electron chi connectivity index (χ2n) is 8.96. The third-order valence-corrected chi connectivity index (χ3v) is 10.8. The molecule has 1 rings (SSSR count). The molecule has 0 aromatic carbocycles. The Morgan fingerprint density at radius 1 is 1.19 bits per heavy atom. The van der Waals surface area contributed by atoms with Gasteiger partial charge in [-0.1, -0.05) is 26.8 Å². The van der Waals surface area contributed by atoms with Gasteiger partial charge in [-0.25, -0.2) is 0 Å². The predicted molar refractivity (Wildman–Crippen MR) is 106 cm³/mol. The molecule has 1 aromatic heterocycles. The Kier molecular flexibility index (Phi) is 7.43. The average molecular weight is 407 g/mol. The maximum absolute atomic E-state index is 15.1. The van der Waals surface area contributed by atoms with E-state index < -0.39 is 36.4 Å². The van der Waals surface area contributed by atoms with E-state index in [4.69, 9.17) is 4.43 Å². The van der Waals surface area contributed by atoms with Crippen LogP contribution in [0.1, 0.15) is 47.2 Å². The molecule has 0 spiro atoms. The maximum atomic E-state index is 15.1. The Labute approximate surface area is 160 Å². The van der Waals surface area contributed by atoms with Crippen molar-refractivity contribution in [2.24, 2.45) is 0 Å². The summed E-state index contributed by atoms with van der Waals surface area (Å²) in [6, 6.07) is 2.94. The summed E-state index contributed by atoms with van der Waals surface area (Å²) in [5.74, 6) is -3.31. The minimum Gasteiger partial charge on any atom is -0.598 e. The average Bonchev–Trinajstić information content (AvgIpc) is 2.49. The molecular formula is C18H32F2N2O2SSi. The van der Waals surface area contributed by atoms with Crippen LogP contribution in [-0.4, -0.2) is 35.2 Å². The minimum absolute atomic E-state index is 0.110. The van der Waals surface area contributed by atoms with E-state index in [1.165, 1.54) is 18.3 Å². The van der Waals surface area contributed by atoms with Crippen LogP contribution in [0.2, 0.25) is 18.1 Å². The molecule has 26 heavy (non-hydrogen) atoms. The molecule has 0 aliphatic carbocycles. The van der Waals surface area contributed by atoms with E-state index in [0.29, 0.717) is 0 Å². The zero-order valence-corrected chi connectivity index (χ0v) is 18.8. The first-order valence-electron chi connectivity index (χ1n) is 8.70. The second-order valence-corrected chi connectivity index (χ2v) is 15.8. The first kappa shape index (κ1) is 23.5. The number of aromatic nitrogens is 1. The van der Waals surface area contributed by atoms with Gasteiger partial charge in [-0.05, 0) is 51.0 Å². The lowest BCUT2D eigenvalue weighted by Crippen LogP contribution is -2.55. The Morgan fingerprint density at radius 3 is 2.19 bits per heavy atom. The van der Waals surface area contributed by atoms with E-state index in [2.05, 4.69) is 9.71 Å². The van der Waals surface area contributed by atoms with Crippen LogP contribution in [0.4, 0.5) is 8.78 Å². The quantitative estimate of drug-likeness (QED) is 0.530. The summed E-state index contributed by atoms with van der Waals surface area (Å²) in [5.41, 5.74) is -0.359. The van der Waals surface area contributed by atoms with Gasteiger partial charge in [-0.2, -0.15) is 8.78 Å². The molecule has 1 N–H and O–H groups in total. The summed E-state index contributed by atoms with van der Waals surface area (Å²) in [6.07, 6.45) is 1.33. The first-order chi connectivity index (χ1) is 11.6. The second kappa shape index (κ2) is 8.22. The molecular weight excluding hydrogens is 374 g/mol. The summed E-state index contributed by atoms with van der Waals surface area (Å²) in [5, 5.41) is -0.110. The number of nitrogens with zero attached hydrogens (tertiary/aromatic N) is 1. The number of rotatable bonds is 7. The molecule has 0 aliphatic heterocycles. The molecule has 2 atom stereocenters. The lowest BCUT2D eigenvalue weighted by Gasteiger charge is -2.38. The summed E-state index contributed by atoms with van der Waals surface area (Å²) in [6.45, 7) is 15.1. The zero-order valence-electron chi connectivity index (χ0n) is 17.0. The SMILES string of the molecule is CC(C)(C)[S+]([O-])N[C@@H](CO[Si](C)(C)C(C)(C)C)C(F)(F)c1ccccn1. The zero-order chi connectivity index (χ0) is 20.4. The van der Waals surface area contributed by atoms with Crippen molar-refractivity contribution in [3.05, 3.63) is 30.1 Å². The van der Waals surface area contributed by atoms with Gasteiger partial charge in [0.15, 0.2) is 8.32 Å². The Bertz CT molecular complexity index is 575. The monoisotopic (exact) mass is 406 g/mol. The molecule has 4 nitrogen and oxygen atoms in total. The van der Waals surface area contributed by atoms with Crippen LogP contribution in [-0.2, 0) is 21.7 Å². The smallest absolute Gasteiger partial charge is 0.311 e. The van der Waals surface area contributed by atoms with Gasteiger partial charge in [-0.3, -0.25) is 4.98 Å². The maximum Gasteiger partial charge on any atom is 0.311 e. The van der Waals surface area contributed by atoms with E-state index in [9.17, 15) is 4.55 Å². The summed E-state index contributed by atoms with van der Waals surface area (Å²) >= 11 is -1.66. The van der Waals surface area contributed by atoms with Crippen LogP contribution in [0.15, 0.2) is 24.4 Å². The van der Waals surface area contributed by atoms with Crippen LogP contribution >= 0.6 is 0 Å². The van der Waals surface area contributed by atoms with E-state index >= 15 is 8.78 Å². The van der Waals surface area contributed by atoms with E-state index in [1.54, 1.807) is 26.8 Å². The number of hydrogen-bond acceptors (Lipinski definition) is 4. The third kappa shape index (κ3) is 5.99. The van der Waals surface area contributed by atoms with Crippen molar-refractivity contribution in [2.45, 2.75) is 76.4 Å². The Hall–Kier alpha value is -0.543. The highest BCUT2D eigenvalue weighted by Gasteiger charge is 2.48. The standard InChI is InChI=1S/C18H32F2N2O2SSi/c1-16(2,3)25(23)22-15(13-24-26(7,8)17(4,5)6)18(19,20)14-11-9-10-12-21-14/h9-12,15,22H,13H2,1-8H3/t15-,25?/m0/s1. The van der Waals surface area contributed by atoms with E-state index in [1.807, 2.05) is 33.9 Å². The molecule has 0 aliphatic rings. The van der Waals surface area contributed by atoms with Gasteiger partial charge in [0.05, 0.1) is 6.61 Å². The van der Waals surface area contributed by atoms with Crippen molar-refractivity contribution in [3.8, 4) is 0 Å². The highest BCUT2D eigenvalue weighted by molar-refractivity contribution is 7.90. The van der Waals surface area contributed by atoms with E-state index in [0.717, 1.165) is 0 Å². The summed E-state index contributed by atoms with van der Waals surface area (Å²) in [7, 11) is -2.24. The molecule has 1 heterocycles. The fraction of sp³-hybridized carbons (Fsp3) is 0.722. The van der Waals surface area contributed by atoms with Crippen LogP contribution in [0.3, 0.4) is 0 Å². The van der Waals surface area contributed by atoms with Crippen LogP contribution < -0.4 is 4.72 Å². The van der Waals surface area contributed by atoms with Gasteiger partial charge in [0, 0.05) is 17.6 Å². The van der Waals surface area contributed by atoms with Crippen molar-refractivity contribution < 1.29 is 17.8 Å². The van der Waals surface area contributed by atoms with Crippen molar-refractivity contribution in [1.29, 1.82) is 0 Å². The lowest BCUT2D eigenvalue weighted by molar-refractivity contribution is -0.0542. The highest BCUT2D eigenvalue weighted by atomic mass is 32.2. The molecule has 150 valence electrons. The third-order valence-electron chi connectivity index (χ3n) is 4.67. The van der Waals surface area contributed by atoms with Crippen molar-refractivity contribution >= 4 is 19.7 Å². The lowest BCUT2D eigenvalue weighted by atomic mass is 10.1. The molecule has 0 saturated carbocycles. The van der Waals surface area contributed by atoms with E-state index in [-0.39, 0.29) is 17.3 Å². The molecule has 0 radical (unpaired) electrons. The molecule has 0 amide bonds. The molecule has 0 bridgehead atoms. The van der Waals surface area contributed by atoms with Gasteiger partial charge in [0.1, 0.15) is 16.5 Å². The normalized spacial score (nSPS) is 16.4.